The fourth-order valence-electron chi connectivity index (χ4n) is 11.8. The van der Waals surface area contributed by atoms with Crippen LogP contribution < -0.4 is 0 Å². The Morgan fingerprint density at radius 2 is 1.20 bits per heavy atom. The molecule has 4 aliphatic heterocycles. The number of aliphatic hydroxyl groups excluding tert-OH is 1. The molecule has 8 nitrogen and oxygen atoms in total. The minimum atomic E-state index is -0.619. The summed E-state index contributed by atoms with van der Waals surface area (Å²) in [7, 11) is 10.2. The third kappa shape index (κ3) is 6.67. The van der Waals surface area contributed by atoms with Crippen molar-refractivity contribution < 1.29 is 28.8 Å². The fraction of sp³-hybridized carbons (Fsp3) is 1.00. The van der Waals surface area contributed by atoms with Crippen LogP contribution in [0.1, 0.15) is 89.9 Å². The number of nitrogens with zero attached hydrogens (tertiary/aromatic N) is 2. The van der Waals surface area contributed by atoms with Crippen LogP contribution in [0.25, 0.3) is 0 Å². The Morgan fingerprint density at radius 1 is 0.578 bits per heavy atom. The highest BCUT2D eigenvalue weighted by Gasteiger charge is 2.54. The molecule has 0 spiro atoms. The maximum Gasteiger partial charge on any atom is 0.107 e. The van der Waals surface area contributed by atoms with Gasteiger partial charge in [0.05, 0.1) is 42.7 Å². The van der Waals surface area contributed by atoms with Crippen molar-refractivity contribution in [1.29, 1.82) is 0 Å². The summed E-state index contributed by atoms with van der Waals surface area (Å²) in [5, 5.41) is 12.0. The average molecular weight is 633 g/mol. The Bertz CT molecular complexity index is 963. The van der Waals surface area contributed by atoms with E-state index in [4.69, 9.17) is 23.7 Å². The van der Waals surface area contributed by atoms with Crippen LogP contribution in [0.4, 0.5) is 0 Å². The Kier molecular flexibility index (Phi) is 10.5. The number of rotatable bonds is 3. The molecule has 0 amide bonds. The second kappa shape index (κ2) is 14.3. The van der Waals surface area contributed by atoms with Crippen LogP contribution in [-0.4, -0.2) is 124 Å². The van der Waals surface area contributed by atoms with E-state index in [1.54, 1.807) is 7.11 Å². The number of methoxy groups -OCH3 is 3. The highest BCUT2D eigenvalue weighted by Crippen LogP contribution is 2.49. The van der Waals surface area contributed by atoms with Crippen LogP contribution in [0.2, 0.25) is 0 Å². The molecule has 0 aromatic heterocycles. The summed E-state index contributed by atoms with van der Waals surface area (Å²) in [6.45, 7) is 2.28. The highest BCUT2D eigenvalue weighted by molar-refractivity contribution is 5.05. The van der Waals surface area contributed by atoms with Gasteiger partial charge in [-0.1, -0.05) is 0 Å². The molecule has 8 fully saturated rings. The summed E-state index contributed by atoms with van der Waals surface area (Å²) in [5.41, 5.74) is 0. The van der Waals surface area contributed by atoms with Gasteiger partial charge in [-0.25, -0.2) is 0 Å². The van der Waals surface area contributed by atoms with Crippen LogP contribution >= 0.6 is 0 Å². The van der Waals surface area contributed by atoms with Gasteiger partial charge in [0.2, 0.25) is 0 Å². The van der Waals surface area contributed by atoms with E-state index >= 15 is 0 Å². The molecule has 4 heterocycles. The molecule has 0 aromatic carbocycles. The van der Waals surface area contributed by atoms with E-state index in [0.29, 0.717) is 47.8 Å². The van der Waals surface area contributed by atoms with Crippen LogP contribution in [0, 0.1) is 35.5 Å². The first-order chi connectivity index (χ1) is 21.9. The number of likely N-dealkylation sites (tertiary alicyclic amines) is 2. The van der Waals surface area contributed by atoms with Crippen molar-refractivity contribution in [2.45, 2.75) is 151 Å². The normalized spacial score (nSPS) is 51.6. The van der Waals surface area contributed by atoms with Crippen LogP contribution in [-0.2, 0) is 23.7 Å². The summed E-state index contributed by atoms with van der Waals surface area (Å²) in [6, 6.07) is 0.974. The molecular weight excluding hydrogens is 568 g/mol. The molecule has 4 saturated carbocycles. The van der Waals surface area contributed by atoms with Gasteiger partial charge in [-0.2, -0.15) is 0 Å². The van der Waals surface area contributed by atoms with Gasteiger partial charge in [0.15, 0.2) is 0 Å². The first-order valence-electron chi connectivity index (χ1n) is 18.8. The zero-order valence-electron chi connectivity index (χ0n) is 28.9. The highest BCUT2D eigenvalue weighted by atomic mass is 16.6. The average Bonchev–Trinajstić information content (AvgIpc) is 3.05. The minimum absolute atomic E-state index is 0.0126. The molecule has 8 aliphatic rings. The Morgan fingerprint density at radius 3 is 1.93 bits per heavy atom. The smallest absolute Gasteiger partial charge is 0.107 e. The molecule has 258 valence electrons. The van der Waals surface area contributed by atoms with Crippen molar-refractivity contribution in [2.75, 3.05) is 48.5 Å². The van der Waals surface area contributed by atoms with Gasteiger partial charge in [-0.05, 0) is 147 Å². The lowest BCUT2D eigenvalue weighted by Gasteiger charge is -2.56. The monoisotopic (exact) mass is 632 g/mol. The molecule has 4 saturated heterocycles. The molecule has 0 radical (unpaired) electrons. The maximum absolute atomic E-state index is 12.0. The van der Waals surface area contributed by atoms with Crippen molar-refractivity contribution in [2.24, 2.45) is 35.5 Å². The van der Waals surface area contributed by atoms with Crippen LogP contribution in [0.5, 0.6) is 0 Å². The topological polar surface area (TPSA) is 72.9 Å². The van der Waals surface area contributed by atoms with E-state index in [1.807, 2.05) is 14.2 Å². The molecule has 4 aliphatic carbocycles. The summed E-state index contributed by atoms with van der Waals surface area (Å²) < 4.78 is 32.6. The second-order valence-corrected chi connectivity index (χ2v) is 16.6. The Balaban J connectivity index is 1.23. The largest absolute Gasteiger partial charge is 0.388 e. The van der Waals surface area contributed by atoms with Gasteiger partial charge in [-0.3, -0.25) is 0 Å². The van der Waals surface area contributed by atoms with E-state index in [1.165, 1.54) is 51.5 Å². The second-order valence-electron chi connectivity index (χ2n) is 16.6. The van der Waals surface area contributed by atoms with Gasteiger partial charge < -0.3 is 38.6 Å². The number of hydrogen-bond acceptors (Lipinski definition) is 8. The van der Waals surface area contributed by atoms with E-state index < -0.39 is 6.10 Å². The predicted molar refractivity (Wildman–Crippen MR) is 174 cm³/mol. The first-order valence-corrected chi connectivity index (χ1v) is 18.8. The van der Waals surface area contributed by atoms with E-state index in [0.717, 1.165) is 57.4 Å². The third-order valence-electron chi connectivity index (χ3n) is 14.4. The lowest BCUT2D eigenvalue weighted by molar-refractivity contribution is -0.229. The zero-order chi connectivity index (χ0) is 31.2. The van der Waals surface area contributed by atoms with Crippen molar-refractivity contribution in [3.63, 3.8) is 0 Å². The van der Waals surface area contributed by atoms with Gasteiger partial charge in [0, 0.05) is 39.3 Å². The summed E-state index contributed by atoms with van der Waals surface area (Å²) >= 11 is 0. The van der Waals surface area contributed by atoms with E-state index in [2.05, 4.69) is 23.9 Å². The van der Waals surface area contributed by atoms with Gasteiger partial charge in [0.1, 0.15) is 6.10 Å². The van der Waals surface area contributed by atoms with Crippen molar-refractivity contribution in [3.8, 4) is 0 Å². The summed E-state index contributed by atoms with van der Waals surface area (Å²) in [6.07, 6.45) is 16.0. The van der Waals surface area contributed by atoms with Crippen molar-refractivity contribution in [3.05, 3.63) is 0 Å². The lowest BCUT2D eigenvalue weighted by Crippen LogP contribution is -2.63. The standard InChI is InChI=1S/C37H64N2O6/c1-38-14-12-24-19-31(42-4)33-21-27(24)28(38)16-22-6-9-26(10-7-22)44-32-18-23(8-11-30(32)41-3)17-29-35-25(13-15-39(29)2)20-34(43-5)36(40)37(35)45-33/h22-37,40H,6-21H2,1-5H3. The van der Waals surface area contributed by atoms with E-state index in [9.17, 15) is 5.11 Å². The summed E-state index contributed by atoms with van der Waals surface area (Å²) in [5.74, 6) is 3.47. The molecule has 6 bridgehead atoms. The Hall–Kier alpha value is -0.320. The molecule has 14 atom stereocenters. The molecule has 0 aromatic rings. The zero-order valence-corrected chi connectivity index (χ0v) is 28.9. The molecule has 14 unspecified atom stereocenters. The number of fused-ring (bicyclic) bond motifs is 2. The first kappa shape index (κ1) is 33.2. The van der Waals surface area contributed by atoms with Gasteiger partial charge >= 0.3 is 0 Å². The predicted octanol–water partition coefficient (Wildman–Crippen LogP) is 4.75. The van der Waals surface area contributed by atoms with Crippen LogP contribution in [0.3, 0.4) is 0 Å². The molecule has 1 N–H and O–H groups in total. The van der Waals surface area contributed by atoms with Crippen molar-refractivity contribution in [1.82, 2.24) is 9.80 Å². The molecular formula is C37H64N2O6. The third-order valence-corrected chi connectivity index (χ3v) is 14.4. The Labute approximate surface area is 273 Å². The maximum atomic E-state index is 12.0. The molecule has 8 heteroatoms. The SMILES string of the molecule is COC1CCC2CC1OC1CCC(CC1)CC1C3CC(OC4C(O)C(OC)CC5CCN(C)C(C2)C54)C(OC)CC3CCN1C. The number of aliphatic hydroxyl groups is 1. The quantitative estimate of drug-likeness (QED) is 0.478. The number of ether oxygens (including phenoxy) is 5. The molecule has 8 rings (SSSR count). The van der Waals surface area contributed by atoms with Crippen molar-refractivity contribution >= 4 is 0 Å². The lowest BCUT2D eigenvalue weighted by atomic mass is 9.64. The van der Waals surface area contributed by atoms with Gasteiger partial charge in [0.25, 0.3) is 0 Å². The summed E-state index contributed by atoms with van der Waals surface area (Å²) in [4.78, 5) is 5.28. The minimum Gasteiger partial charge on any atom is -0.388 e. The number of piperidine rings is 2. The number of hydrogen-bond donors (Lipinski definition) is 1. The van der Waals surface area contributed by atoms with Crippen LogP contribution in [0.15, 0.2) is 0 Å². The fourth-order valence-corrected chi connectivity index (χ4v) is 11.8. The van der Waals surface area contributed by atoms with Gasteiger partial charge in [-0.15, -0.1) is 0 Å². The van der Waals surface area contributed by atoms with E-state index in [-0.39, 0.29) is 36.6 Å². The molecule has 45 heavy (non-hydrogen) atoms.